The van der Waals surface area contributed by atoms with Crippen molar-refractivity contribution in [3.05, 3.63) is 51.7 Å². The van der Waals surface area contributed by atoms with Crippen LogP contribution in [0.3, 0.4) is 0 Å². The maximum absolute atomic E-state index is 9.94. The SMILES string of the molecule is CC(c1ccccc1O)N1CCc2ccsc2C1. The lowest BCUT2D eigenvalue weighted by atomic mass is 10.0. The third-order valence-corrected chi connectivity index (χ3v) is 4.74. The highest BCUT2D eigenvalue weighted by Gasteiger charge is 2.23. The molecule has 0 fully saturated rings. The van der Waals surface area contributed by atoms with Gasteiger partial charge in [0.15, 0.2) is 0 Å². The lowest BCUT2D eigenvalue weighted by Gasteiger charge is -2.32. The first-order chi connectivity index (χ1) is 8.75. The number of para-hydroxylation sites is 1. The number of hydrogen-bond acceptors (Lipinski definition) is 3. The largest absolute Gasteiger partial charge is 0.508 e. The lowest BCUT2D eigenvalue weighted by molar-refractivity contribution is 0.192. The quantitative estimate of drug-likeness (QED) is 0.891. The smallest absolute Gasteiger partial charge is 0.120 e. The van der Waals surface area contributed by atoms with E-state index in [-0.39, 0.29) is 6.04 Å². The van der Waals surface area contributed by atoms with Gasteiger partial charge in [-0.3, -0.25) is 4.90 Å². The van der Waals surface area contributed by atoms with Gasteiger partial charge in [-0.2, -0.15) is 0 Å². The Balaban J connectivity index is 1.83. The van der Waals surface area contributed by atoms with Crippen molar-refractivity contribution in [1.82, 2.24) is 4.90 Å². The molecule has 0 radical (unpaired) electrons. The number of phenols is 1. The topological polar surface area (TPSA) is 23.5 Å². The van der Waals surface area contributed by atoms with Crippen LogP contribution in [0.5, 0.6) is 5.75 Å². The predicted molar refractivity (Wildman–Crippen MR) is 75.0 cm³/mol. The van der Waals surface area contributed by atoms with Crippen LogP contribution < -0.4 is 0 Å². The minimum Gasteiger partial charge on any atom is -0.508 e. The predicted octanol–water partition coefficient (Wildman–Crippen LogP) is 3.57. The number of hydrogen-bond donors (Lipinski definition) is 1. The first kappa shape index (κ1) is 11.8. The Morgan fingerprint density at radius 3 is 2.94 bits per heavy atom. The fourth-order valence-corrected chi connectivity index (χ4v) is 3.58. The van der Waals surface area contributed by atoms with E-state index in [9.17, 15) is 5.11 Å². The summed E-state index contributed by atoms with van der Waals surface area (Å²) < 4.78 is 0. The van der Waals surface area contributed by atoms with Gasteiger partial charge in [0, 0.05) is 29.6 Å². The summed E-state index contributed by atoms with van der Waals surface area (Å²) in [6, 6.07) is 10.2. The molecule has 1 unspecified atom stereocenters. The highest BCUT2D eigenvalue weighted by Crippen LogP contribution is 2.33. The minimum absolute atomic E-state index is 0.265. The number of phenolic OH excluding ortho intramolecular Hbond substituents is 1. The summed E-state index contributed by atoms with van der Waals surface area (Å²) in [6.45, 7) is 4.25. The van der Waals surface area contributed by atoms with Crippen LogP contribution in [-0.4, -0.2) is 16.6 Å². The van der Waals surface area contributed by atoms with E-state index in [1.165, 1.54) is 10.4 Å². The summed E-state index contributed by atoms with van der Waals surface area (Å²) in [6.07, 6.45) is 1.12. The number of nitrogens with zero attached hydrogens (tertiary/aromatic N) is 1. The summed E-state index contributed by atoms with van der Waals surface area (Å²) in [7, 11) is 0. The highest BCUT2D eigenvalue weighted by molar-refractivity contribution is 7.10. The third-order valence-electron chi connectivity index (χ3n) is 3.79. The van der Waals surface area contributed by atoms with E-state index in [2.05, 4.69) is 23.3 Å². The van der Waals surface area contributed by atoms with Crippen molar-refractivity contribution in [3.63, 3.8) is 0 Å². The number of aromatic hydroxyl groups is 1. The van der Waals surface area contributed by atoms with Crippen LogP contribution in [0, 0.1) is 0 Å². The Bertz CT molecular complexity index is 549. The molecule has 2 nitrogen and oxygen atoms in total. The zero-order chi connectivity index (χ0) is 12.5. The first-order valence-corrected chi connectivity index (χ1v) is 7.21. The molecular weight excluding hydrogens is 242 g/mol. The Morgan fingerprint density at radius 2 is 2.11 bits per heavy atom. The summed E-state index contributed by atoms with van der Waals surface area (Å²) in [4.78, 5) is 3.91. The van der Waals surface area contributed by atoms with E-state index in [0.717, 1.165) is 25.1 Å². The van der Waals surface area contributed by atoms with Gasteiger partial charge in [0.2, 0.25) is 0 Å². The maximum atomic E-state index is 9.94. The molecule has 1 aliphatic rings. The highest BCUT2D eigenvalue weighted by atomic mass is 32.1. The molecule has 94 valence electrons. The molecule has 3 heteroatoms. The van der Waals surface area contributed by atoms with Gasteiger partial charge in [0.05, 0.1) is 0 Å². The van der Waals surface area contributed by atoms with Crippen LogP contribution in [0.4, 0.5) is 0 Å². The van der Waals surface area contributed by atoms with Gasteiger partial charge in [-0.1, -0.05) is 18.2 Å². The number of benzene rings is 1. The number of thiophene rings is 1. The van der Waals surface area contributed by atoms with Crippen LogP contribution in [0.2, 0.25) is 0 Å². The van der Waals surface area contributed by atoms with Crippen molar-refractivity contribution in [2.75, 3.05) is 6.54 Å². The summed E-state index contributed by atoms with van der Waals surface area (Å²) in [5.74, 6) is 0.405. The molecule has 3 rings (SSSR count). The van der Waals surface area contributed by atoms with Crippen LogP contribution >= 0.6 is 11.3 Å². The van der Waals surface area contributed by atoms with Crippen molar-refractivity contribution in [2.24, 2.45) is 0 Å². The normalized spacial score (nSPS) is 17.4. The van der Waals surface area contributed by atoms with Crippen LogP contribution in [-0.2, 0) is 13.0 Å². The Kier molecular flexibility index (Phi) is 3.10. The zero-order valence-corrected chi connectivity index (χ0v) is 11.3. The molecule has 1 aromatic heterocycles. The van der Waals surface area contributed by atoms with Gasteiger partial charge in [0.25, 0.3) is 0 Å². The molecule has 0 bridgehead atoms. The van der Waals surface area contributed by atoms with Crippen molar-refractivity contribution in [3.8, 4) is 5.75 Å². The van der Waals surface area contributed by atoms with Gasteiger partial charge < -0.3 is 5.11 Å². The second-order valence-electron chi connectivity index (χ2n) is 4.82. The molecule has 0 spiro atoms. The molecule has 0 saturated carbocycles. The average Bonchev–Trinajstić information content (AvgIpc) is 2.85. The zero-order valence-electron chi connectivity index (χ0n) is 10.5. The molecule has 1 N–H and O–H groups in total. The third kappa shape index (κ3) is 2.04. The van der Waals surface area contributed by atoms with E-state index in [1.54, 1.807) is 6.07 Å². The summed E-state index contributed by atoms with van der Waals surface area (Å²) in [5.41, 5.74) is 2.53. The van der Waals surface area contributed by atoms with Gasteiger partial charge in [-0.05, 0) is 36.4 Å². The minimum atomic E-state index is 0.265. The lowest BCUT2D eigenvalue weighted by Crippen LogP contribution is -2.32. The Morgan fingerprint density at radius 1 is 1.28 bits per heavy atom. The summed E-state index contributed by atoms with van der Waals surface area (Å²) >= 11 is 1.84. The fourth-order valence-electron chi connectivity index (χ4n) is 2.62. The molecule has 18 heavy (non-hydrogen) atoms. The molecule has 2 heterocycles. The Labute approximate surface area is 112 Å². The second kappa shape index (κ2) is 4.75. The van der Waals surface area contributed by atoms with Crippen LogP contribution in [0.25, 0.3) is 0 Å². The van der Waals surface area contributed by atoms with Crippen molar-refractivity contribution < 1.29 is 5.11 Å². The first-order valence-electron chi connectivity index (χ1n) is 6.33. The van der Waals surface area contributed by atoms with Crippen molar-refractivity contribution in [2.45, 2.75) is 25.9 Å². The molecule has 0 amide bonds. The Hall–Kier alpha value is -1.32. The standard InChI is InChI=1S/C15H17NOS/c1-11(13-4-2-3-5-14(13)17)16-8-6-12-7-9-18-15(12)10-16/h2-5,7,9,11,17H,6,8,10H2,1H3. The van der Waals surface area contributed by atoms with Gasteiger partial charge in [0.1, 0.15) is 5.75 Å². The molecule has 1 aromatic carbocycles. The molecular formula is C15H17NOS. The van der Waals surface area contributed by atoms with Gasteiger partial charge in [-0.15, -0.1) is 11.3 Å². The number of rotatable bonds is 2. The second-order valence-corrected chi connectivity index (χ2v) is 5.82. The van der Waals surface area contributed by atoms with Crippen molar-refractivity contribution in [1.29, 1.82) is 0 Å². The van der Waals surface area contributed by atoms with E-state index >= 15 is 0 Å². The summed E-state index contributed by atoms with van der Waals surface area (Å²) in [5, 5.41) is 12.1. The molecule has 0 saturated heterocycles. The molecule has 0 aliphatic carbocycles. The number of fused-ring (bicyclic) bond motifs is 1. The molecule has 1 atom stereocenters. The fraction of sp³-hybridized carbons (Fsp3) is 0.333. The molecule has 1 aliphatic heterocycles. The molecule has 2 aromatic rings. The van der Waals surface area contributed by atoms with Crippen LogP contribution in [0.15, 0.2) is 35.7 Å². The average molecular weight is 259 g/mol. The van der Waals surface area contributed by atoms with E-state index in [1.807, 2.05) is 29.5 Å². The van der Waals surface area contributed by atoms with Crippen molar-refractivity contribution >= 4 is 11.3 Å². The van der Waals surface area contributed by atoms with E-state index in [0.29, 0.717) is 5.75 Å². The van der Waals surface area contributed by atoms with Gasteiger partial charge in [-0.25, -0.2) is 0 Å². The van der Waals surface area contributed by atoms with Crippen LogP contribution in [0.1, 0.15) is 29.0 Å². The monoisotopic (exact) mass is 259 g/mol. The van der Waals surface area contributed by atoms with Gasteiger partial charge >= 0.3 is 0 Å². The maximum Gasteiger partial charge on any atom is 0.120 e. The van der Waals surface area contributed by atoms with E-state index in [4.69, 9.17) is 0 Å². The van der Waals surface area contributed by atoms with E-state index < -0.39 is 0 Å².